The molecule has 1 saturated heterocycles. The molecule has 0 saturated carbocycles. The molecule has 3 aliphatic rings. The molecule has 1 N–H and O–H groups in total. The van der Waals surface area contributed by atoms with Gasteiger partial charge in [0.1, 0.15) is 11.6 Å². The van der Waals surface area contributed by atoms with Gasteiger partial charge in [-0.25, -0.2) is 13.8 Å². The number of nitrogens with one attached hydrogen (secondary N) is 1. The van der Waals surface area contributed by atoms with Crippen molar-refractivity contribution in [3.63, 3.8) is 0 Å². The molecule has 0 amide bonds. The number of nitrogens with zero attached hydrogens (tertiary/aromatic N) is 4. The third-order valence-electron chi connectivity index (χ3n) is 6.96. The maximum atomic E-state index is 14.7. The second-order valence-corrected chi connectivity index (χ2v) is 9.24. The molecule has 2 atom stereocenters. The second kappa shape index (κ2) is 8.45. The highest BCUT2D eigenvalue weighted by Gasteiger charge is 2.32. The van der Waals surface area contributed by atoms with Gasteiger partial charge < -0.3 is 14.2 Å². The summed E-state index contributed by atoms with van der Waals surface area (Å²) < 4.78 is 36.7. The number of aromatic nitrogens is 2. The summed E-state index contributed by atoms with van der Waals surface area (Å²) in [5.74, 6) is -0.431. The number of likely N-dealkylation sites (tertiary alicyclic amines) is 1. The van der Waals surface area contributed by atoms with Crippen LogP contribution in [-0.4, -0.2) is 40.7 Å². The highest BCUT2D eigenvalue weighted by atomic mass is 19.1. The molecule has 2 aliphatic heterocycles. The van der Waals surface area contributed by atoms with Crippen LogP contribution in [0.1, 0.15) is 22.7 Å². The number of ether oxygens (including phenoxy) is 1. The zero-order valence-electron chi connectivity index (χ0n) is 19.1. The molecule has 2 unspecified atom stereocenters. The van der Waals surface area contributed by atoms with Gasteiger partial charge in [-0.15, -0.1) is 0 Å². The van der Waals surface area contributed by atoms with E-state index in [1.807, 2.05) is 36.5 Å². The lowest BCUT2D eigenvalue weighted by Gasteiger charge is -2.37. The van der Waals surface area contributed by atoms with Crippen molar-refractivity contribution in [3.05, 3.63) is 83.0 Å². The SMILES string of the molecule is CN1CC(n2c(NC#N)nc3cc(/C=C4\c5cccc(F)c5COC5C=C(F)C=CC45)ccc32)C1. The van der Waals surface area contributed by atoms with Crippen LogP contribution in [0.5, 0.6) is 0 Å². The fourth-order valence-corrected chi connectivity index (χ4v) is 5.28. The average molecular weight is 472 g/mol. The lowest BCUT2D eigenvalue weighted by atomic mass is 9.83. The van der Waals surface area contributed by atoms with E-state index < -0.39 is 6.10 Å². The number of fused-ring (bicyclic) bond motifs is 3. The molecule has 0 radical (unpaired) electrons. The van der Waals surface area contributed by atoms with Gasteiger partial charge in [0, 0.05) is 24.6 Å². The number of nitriles is 1. The molecule has 35 heavy (non-hydrogen) atoms. The first kappa shape index (κ1) is 21.7. The Bertz CT molecular complexity index is 1460. The van der Waals surface area contributed by atoms with Crippen molar-refractivity contribution in [1.29, 1.82) is 5.26 Å². The molecule has 2 aromatic carbocycles. The summed E-state index contributed by atoms with van der Waals surface area (Å²) in [5.41, 5.74) is 4.67. The van der Waals surface area contributed by atoms with E-state index in [0.29, 0.717) is 11.5 Å². The van der Waals surface area contributed by atoms with Gasteiger partial charge in [0.25, 0.3) is 0 Å². The zero-order valence-corrected chi connectivity index (χ0v) is 19.1. The number of imidazole rings is 1. The van der Waals surface area contributed by atoms with Gasteiger partial charge in [-0.1, -0.05) is 30.4 Å². The van der Waals surface area contributed by atoms with Crippen LogP contribution in [0.4, 0.5) is 14.7 Å². The zero-order chi connectivity index (χ0) is 24.1. The molecule has 6 nitrogen and oxygen atoms in total. The number of likely N-dealkylation sites (N-methyl/N-ethyl adjacent to an activating group) is 1. The summed E-state index contributed by atoms with van der Waals surface area (Å²) in [6, 6.07) is 11.2. The molecular formula is C27H23F2N5O. The Morgan fingerprint density at radius 3 is 2.89 bits per heavy atom. The average Bonchev–Trinajstić information content (AvgIpc) is 3.08. The number of halogens is 2. The Balaban J connectivity index is 1.47. The van der Waals surface area contributed by atoms with Crippen LogP contribution in [0.25, 0.3) is 22.7 Å². The number of allylic oxidation sites excluding steroid dienone is 2. The van der Waals surface area contributed by atoms with Crippen LogP contribution in [0.3, 0.4) is 0 Å². The van der Waals surface area contributed by atoms with E-state index in [4.69, 9.17) is 4.74 Å². The summed E-state index contributed by atoms with van der Waals surface area (Å²) in [6.45, 7) is 1.85. The first-order chi connectivity index (χ1) is 17.0. The van der Waals surface area contributed by atoms with E-state index in [2.05, 4.69) is 26.8 Å². The van der Waals surface area contributed by atoms with E-state index in [9.17, 15) is 14.0 Å². The fourth-order valence-electron chi connectivity index (χ4n) is 5.28. The van der Waals surface area contributed by atoms with Crippen molar-refractivity contribution >= 4 is 28.6 Å². The number of anilines is 1. The van der Waals surface area contributed by atoms with E-state index in [1.54, 1.807) is 12.1 Å². The molecule has 3 aromatic rings. The number of hydrogen-bond acceptors (Lipinski definition) is 5. The van der Waals surface area contributed by atoms with Gasteiger partial charge in [0.2, 0.25) is 5.95 Å². The van der Waals surface area contributed by atoms with E-state index in [1.165, 1.54) is 18.2 Å². The van der Waals surface area contributed by atoms with Gasteiger partial charge in [-0.2, -0.15) is 5.26 Å². The van der Waals surface area contributed by atoms with E-state index in [0.717, 1.165) is 40.8 Å². The van der Waals surface area contributed by atoms with Gasteiger partial charge >= 0.3 is 0 Å². The van der Waals surface area contributed by atoms with Crippen molar-refractivity contribution in [1.82, 2.24) is 14.5 Å². The van der Waals surface area contributed by atoms with Gasteiger partial charge in [-0.3, -0.25) is 5.32 Å². The van der Waals surface area contributed by atoms with E-state index >= 15 is 0 Å². The molecule has 6 rings (SSSR count). The molecule has 1 fully saturated rings. The van der Waals surface area contributed by atoms with Gasteiger partial charge in [0.05, 0.1) is 29.8 Å². The lowest BCUT2D eigenvalue weighted by molar-refractivity contribution is 0.0585. The third kappa shape index (κ3) is 3.73. The first-order valence-corrected chi connectivity index (χ1v) is 11.5. The van der Waals surface area contributed by atoms with Gasteiger partial charge in [-0.05, 0) is 54.1 Å². The molecule has 176 valence electrons. The summed E-state index contributed by atoms with van der Waals surface area (Å²) in [7, 11) is 2.06. The molecule has 3 heterocycles. The third-order valence-corrected chi connectivity index (χ3v) is 6.96. The predicted molar refractivity (Wildman–Crippen MR) is 130 cm³/mol. The van der Waals surface area contributed by atoms with Crippen LogP contribution < -0.4 is 5.32 Å². The quantitative estimate of drug-likeness (QED) is 0.429. The fraction of sp³-hybridized carbons (Fsp3) is 0.259. The number of benzene rings is 2. The summed E-state index contributed by atoms with van der Waals surface area (Å²) in [6.07, 6.45) is 8.12. The van der Waals surface area contributed by atoms with Crippen molar-refractivity contribution in [3.8, 4) is 6.19 Å². The smallest absolute Gasteiger partial charge is 0.217 e. The minimum atomic E-state index is -0.525. The summed E-state index contributed by atoms with van der Waals surface area (Å²) in [4.78, 5) is 6.89. The minimum absolute atomic E-state index is 0.0700. The van der Waals surface area contributed by atoms with Crippen molar-refractivity contribution in [2.75, 3.05) is 25.5 Å². The van der Waals surface area contributed by atoms with Crippen LogP contribution in [0.2, 0.25) is 0 Å². The largest absolute Gasteiger partial charge is 0.368 e. The van der Waals surface area contributed by atoms with Gasteiger partial charge in [0.15, 0.2) is 6.19 Å². The summed E-state index contributed by atoms with van der Waals surface area (Å²) in [5, 5.41) is 11.9. The molecule has 1 aliphatic carbocycles. The van der Waals surface area contributed by atoms with Crippen LogP contribution in [-0.2, 0) is 11.3 Å². The maximum absolute atomic E-state index is 14.7. The highest BCUT2D eigenvalue weighted by Crippen LogP contribution is 2.40. The monoisotopic (exact) mass is 471 g/mol. The molecular weight excluding hydrogens is 448 g/mol. The summed E-state index contributed by atoms with van der Waals surface area (Å²) >= 11 is 0. The highest BCUT2D eigenvalue weighted by molar-refractivity contribution is 5.89. The van der Waals surface area contributed by atoms with Crippen molar-refractivity contribution < 1.29 is 13.5 Å². The first-order valence-electron chi connectivity index (χ1n) is 11.5. The maximum Gasteiger partial charge on any atom is 0.217 e. The van der Waals surface area contributed by atoms with Crippen LogP contribution >= 0.6 is 0 Å². The molecule has 0 bridgehead atoms. The molecule has 1 aromatic heterocycles. The normalized spacial score (nSPS) is 23.3. The Morgan fingerprint density at radius 1 is 1.23 bits per heavy atom. The number of rotatable bonds is 3. The van der Waals surface area contributed by atoms with E-state index in [-0.39, 0.29) is 30.2 Å². The molecule has 8 heteroatoms. The van der Waals surface area contributed by atoms with Crippen LogP contribution in [0, 0.1) is 23.2 Å². The Morgan fingerprint density at radius 2 is 2.09 bits per heavy atom. The lowest BCUT2D eigenvalue weighted by Crippen LogP contribution is -2.45. The Labute approximate surface area is 201 Å². The van der Waals surface area contributed by atoms with Crippen molar-refractivity contribution in [2.24, 2.45) is 5.92 Å². The Hall–Kier alpha value is -3.80. The topological polar surface area (TPSA) is 66.1 Å². The van der Waals surface area contributed by atoms with Crippen molar-refractivity contribution in [2.45, 2.75) is 18.8 Å². The standard InChI is InChI=1S/C27H23F2N5O/c1-33-12-18(13-33)34-25-8-5-16(10-24(25)32-27(34)31-15-30)9-21-19-3-2-4-23(29)22(19)14-35-26-11-17(28)6-7-20(21)26/h2-11,18,20,26H,12-14H2,1H3,(H,31,32)/b21-9+. The minimum Gasteiger partial charge on any atom is -0.368 e. The van der Waals surface area contributed by atoms with Crippen LogP contribution in [0.15, 0.2) is 60.5 Å². The number of hydrogen-bond donors (Lipinski definition) is 1. The Kier molecular flexibility index (Phi) is 5.24. The molecule has 0 spiro atoms. The second-order valence-electron chi connectivity index (χ2n) is 9.24. The predicted octanol–water partition coefficient (Wildman–Crippen LogP) is 5.03.